The predicted octanol–water partition coefficient (Wildman–Crippen LogP) is 4.92. The van der Waals surface area contributed by atoms with E-state index in [1.54, 1.807) is 0 Å². The van der Waals surface area contributed by atoms with Crippen LogP contribution in [0.3, 0.4) is 0 Å². The van der Waals surface area contributed by atoms with E-state index < -0.39 is 0 Å². The van der Waals surface area contributed by atoms with Crippen molar-refractivity contribution in [2.45, 2.75) is 18.6 Å². The van der Waals surface area contributed by atoms with Crippen LogP contribution in [0.2, 0.25) is 0 Å². The molecule has 1 aliphatic rings. The Morgan fingerprint density at radius 2 is 1.87 bits per heavy atom. The van der Waals surface area contributed by atoms with Gasteiger partial charge in [0.05, 0.1) is 5.56 Å². The van der Waals surface area contributed by atoms with Crippen LogP contribution in [-0.2, 0) is 0 Å². The third-order valence-corrected chi connectivity index (χ3v) is 6.52. The molecule has 0 spiro atoms. The highest BCUT2D eigenvalue weighted by Crippen LogP contribution is 2.36. The van der Waals surface area contributed by atoms with Crippen LogP contribution in [0.15, 0.2) is 48.5 Å². The highest BCUT2D eigenvalue weighted by Gasteiger charge is 2.24. The first-order valence-corrected chi connectivity index (χ1v) is 10.0. The zero-order chi connectivity index (χ0) is 16.2. The van der Waals surface area contributed by atoms with Gasteiger partial charge in [-0.3, -0.25) is 4.79 Å². The molecule has 0 aromatic heterocycles. The maximum atomic E-state index is 12.8. The molecule has 1 unspecified atom stereocenters. The number of thioether (sulfide) groups is 1. The second-order valence-corrected chi connectivity index (χ2v) is 8.25. The van der Waals surface area contributed by atoms with Gasteiger partial charge in [-0.15, -0.1) is 0 Å². The number of aryl methyl sites for hydroxylation is 1. The van der Waals surface area contributed by atoms with Crippen molar-refractivity contribution in [1.29, 1.82) is 0 Å². The molecule has 4 heteroatoms. The third kappa shape index (κ3) is 3.91. The molecular weight excluding hydrogens is 417 g/mol. The zero-order valence-electron chi connectivity index (χ0n) is 13.2. The number of amides is 1. The van der Waals surface area contributed by atoms with Gasteiger partial charge in [-0.05, 0) is 59.2 Å². The summed E-state index contributed by atoms with van der Waals surface area (Å²) >= 11 is 4.22. The Kier molecular flexibility index (Phi) is 5.64. The van der Waals surface area contributed by atoms with E-state index in [9.17, 15) is 4.79 Å². The summed E-state index contributed by atoms with van der Waals surface area (Å²) in [5, 5.41) is 0.490. The third-order valence-electron chi connectivity index (χ3n) is 4.27. The van der Waals surface area contributed by atoms with Gasteiger partial charge in [0.1, 0.15) is 0 Å². The van der Waals surface area contributed by atoms with E-state index in [4.69, 9.17) is 0 Å². The minimum absolute atomic E-state index is 0.168. The molecule has 0 radical (unpaired) electrons. The Labute approximate surface area is 155 Å². The van der Waals surface area contributed by atoms with E-state index in [0.29, 0.717) is 5.25 Å². The van der Waals surface area contributed by atoms with E-state index in [1.807, 2.05) is 40.9 Å². The van der Waals surface area contributed by atoms with Crippen LogP contribution in [0, 0.1) is 10.5 Å². The van der Waals surface area contributed by atoms with Gasteiger partial charge in [0.15, 0.2) is 0 Å². The van der Waals surface area contributed by atoms with Crippen LogP contribution in [-0.4, -0.2) is 29.6 Å². The first kappa shape index (κ1) is 16.8. The Morgan fingerprint density at radius 1 is 1.13 bits per heavy atom. The fraction of sp³-hybridized carbons (Fsp3) is 0.316. The summed E-state index contributed by atoms with van der Waals surface area (Å²) in [6.45, 7) is 3.84. The van der Waals surface area contributed by atoms with Crippen LogP contribution in [0.25, 0.3) is 0 Å². The number of benzene rings is 2. The molecule has 120 valence electrons. The van der Waals surface area contributed by atoms with E-state index in [1.165, 1.54) is 11.1 Å². The Morgan fingerprint density at radius 3 is 2.65 bits per heavy atom. The number of rotatable bonds is 2. The first-order chi connectivity index (χ1) is 11.2. The lowest BCUT2D eigenvalue weighted by Gasteiger charge is -2.21. The van der Waals surface area contributed by atoms with Crippen molar-refractivity contribution in [3.8, 4) is 0 Å². The summed E-state index contributed by atoms with van der Waals surface area (Å²) in [6.07, 6.45) is 1.02. The molecule has 0 saturated carbocycles. The van der Waals surface area contributed by atoms with Gasteiger partial charge in [0.2, 0.25) is 0 Å². The summed E-state index contributed by atoms with van der Waals surface area (Å²) in [4.78, 5) is 14.8. The van der Waals surface area contributed by atoms with Gasteiger partial charge in [-0.2, -0.15) is 11.8 Å². The van der Waals surface area contributed by atoms with E-state index in [-0.39, 0.29) is 5.91 Å². The van der Waals surface area contributed by atoms with E-state index in [0.717, 1.165) is 34.4 Å². The fourth-order valence-electron chi connectivity index (χ4n) is 2.97. The summed E-state index contributed by atoms with van der Waals surface area (Å²) < 4.78 is 1.03. The van der Waals surface area contributed by atoms with Gasteiger partial charge in [-0.25, -0.2) is 0 Å². The van der Waals surface area contributed by atoms with Crippen LogP contribution in [0.1, 0.15) is 33.2 Å². The lowest BCUT2D eigenvalue weighted by molar-refractivity contribution is 0.0765. The number of hydrogen-bond donors (Lipinski definition) is 0. The molecule has 23 heavy (non-hydrogen) atoms. The molecule has 1 saturated heterocycles. The molecule has 1 amide bonds. The van der Waals surface area contributed by atoms with Crippen LogP contribution < -0.4 is 0 Å². The molecule has 1 aliphatic heterocycles. The van der Waals surface area contributed by atoms with Gasteiger partial charge in [-0.1, -0.05) is 36.4 Å². The summed E-state index contributed by atoms with van der Waals surface area (Å²) in [5.74, 6) is 1.16. The average molecular weight is 437 g/mol. The molecule has 1 fully saturated rings. The predicted molar refractivity (Wildman–Crippen MR) is 106 cm³/mol. The molecule has 0 bridgehead atoms. The standard InChI is InChI=1S/C19H20INOS/c1-14-6-2-3-7-15(14)18-10-11-21(12-13-23-18)19(22)16-8-4-5-9-17(16)20/h2-9,18H,10-13H2,1H3. The summed E-state index contributed by atoms with van der Waals surface area (Å²) in [7, 11) is 0. The molecular formula is C19H20INOS. The minimum Gasteiger partial charge on any atom is -0.338 e. The minimum atomic E-state index is 0.168. The Bertz CT molecular complexity index is 703. The van der Waals surface area contributed by atoms with Gasteiger partial charge in [0.25, 0.3) is 5.91 Å². The van der Waals surface area contributed by atoms with Gasteiger partial charge >= 0.3 is 0 Å². The number of carbonyl (C=O) groups excluding carboxylic acids is 1. The van der Waals surface area contributed by atoms with Crippen molar-refractivity contribution >= 4 is 40.3 Å². The summed E-state index contributed by atoms with van der Waals surface area (Å²) in [5.41, 5.74) is 3.59. The maximum Gasteiger partial charge on any atom is 0.254 e. The Hall–Kier alpha value is -1.01. The highest BCUT2D eigenvalue weighted by molar-refractivity contribution is 14.1. The van der Waals surface area contributed by atoms with E-state index in [2.05, 4.69) is 53.8 Å². The summed E-state index contributed by atoms with van der Waals surface area (Å²) in [6, 6.07) is 16.5. The largest absolute Gasteiger partial charge is 0.338 e. The second-order valence-electron chi connectivity index (χ2n) is 5.78. The first-order valence-electron chi connectivity index (χ1n) is 7.88. The van der Waals surface area contributed by atoms with Gasteiger partial charge in [0, 0.05) is 27.7 Å². The van der Waals surface area contributed by atoms with Crippen molar-refractivity contribution in [2.24, 2.45) is 0 Å². The Balaban J connectivity index is 1.73. The number of carbonyl (C=O) groups is 1. The van der Waals surface area contributed by atoms with Crippen LogP contribution in [0.5, 0.6) is 0 Å². The normalized spacial score (nSPS) is 18.5. The number of halogens is 1. The second kappa shape index (κ2) is 7.71. The van der Waals surface area contributed by atoms with Crippen molar-refractivity contribution in [1.82, 2.24) is 4.90 Å². The van der Waals surface area contributed by atoms with Crippen LogP contribution >= 0.6 is 34.4 Å². The zero-order valence-corrected chi connectivity index (χ0v) is 16.1. The SMILES string of the molecule is Cc1ccccc1C1CCN(C(=O)c2ccccc2I)CCS1. The molecule has 0 aliphatic carbocycles. The smallest absolute Gasteiger partial charge is 0.254 e. The molecule has 1 atom stereocenters. The molecule has 2 nitrogen and oxygen atoms in total. The van der Waals surface area contributed by atoms with Gasteiger partial charge < -0.3 is 4.90 Å². The van der Waals surface area contributed by atoms with E-state index >= 15 is 0 Å². The number of hydrogen-bond acceptors (Lipinski definition) is 2. The molecule has 2 aromatic rings. The highest BCUT2D eigenvalue weighted by atomic mass is 127. The number of nitrogens with zero attached hydrogens (tertiary/aromatic N) is 1. The van der Waals surface area contributed by atoms with Crippen LogP contribution in [0.4, 0.5) is 0 Å². The molecule has 3 rings (SSSR count). The quantitative estimate of drug-likeness (QED) is 0.622. The maximum absolute atomic E-state index is 12.8. The van der Waals surface area contributed by atoms with Crippen molar-refractivity contribution in [3.63, 3.8) is 0 Å². The lowest BCUT2D eigenvalue weighted by Crippen LogP contribution is -2.33. The topological polar surface area (TPSA) is 20.3 Å². The monoisotopic (exact) mass is 437 g/mol. The fourth-order valence-corrected chi connectivity index (χ4v) is 4.92. The lowest BCUT2D eigenvalue weighted by atomic mass is 10.0. The molecule has 0 N–H and O–H groups in total. The van der Waals surface area contributed by atoms with Crippen molar-refractivity contribution < 1.29 is 4.79 Å². The average Bonchev–Trinajstić information content (AvgIpc) is 2.81. The molecule has 2 aromatic carbocycles. The molecule has 1 heterocycles. The van der Waals surface area contributed by atoms with Crippen molar-refractivity contribution in [3.05, 3.63) is 68.8 Å². The van der Waals surface area contributed by atoms with Crippen molar-refractivity contribution in [2.75, 3.05) is 18.8 Å².